The third-order valence-corrected chi connectivity index (χ3v) is 2.07. The molecule has 15 heavy (non-hydrogen) atoms. The number of hydrogen-bond acceptors (Lipinski definition) is 4. The van der Waals surface area contributed by atoms with Crippen molar-refractivity contribution < 1.29 is 0 Å². The second kappa shape index (κ2) is 3.74. The molecule has 2 aromatic rings. The van der Waals surface area contributed by atoms with Crippen LogP contribution in [0.5, 0.6) is 0 Å². The smallest absolute Gasteiger partial charge is 0.173 e. The molecule has 0 atom stereocenters. The highest BCUT2D eigenvalue weighted by atomic mass is 32.1. The van der Waals surface area contributed by atoms with Crippen molar-refractivity contribution in [3.8, 4) is 5.82 Å². The molecule has 2 aromatic heterocycles. The summed E-state index contributed by atoms with van der Waals surface area (Å²) in [6, 6.07) is 3.71. The van der Waals surface area contributed by atoms with Crippen molar-refractivity contribution in [2.75, 3.05) is 0 Å². The molecule has 0 aliphatic heterocycles. The van der Waals surface area contributed by atoms with E-state index in [1.54, 1.807) is 17.0 Å². The molecule has 2 rings (SSSR count). The number of thiocarbonyl (C=S) groups is 1. The Hall–Kier alpha value is -1.82. The summed E-state index contributed by atoms with van der Waals surface area (Å²) in [5, 5.41) is 7.97. The molecule has 0 saturated heterocycles. The van der Waals surface area contributed by atoms with Crippen LogP contribution in [0.1, 0.15) is 11.5 Å². The van der Waals surface area contributed by atoms with Crippen LogP contribution in [0.3, 0.4) is 0 Å². The Morgan fingerprint density at radius 3 is 2.80 bits per heavy atom. The van der Waals surface area contributed by atoms with Gasteiger partial charge in [-0.15, -0.1) is 5.10 Å². The van der Waals surface area contributed by atoms with E-state index in [1.165, 1.54) is 0 Å². The zero-order valence-electron chi connectivity index (χ0n) is 8.08. The lowest BCUT2D eigenvalue weighted by Gasteiger charge is -2.04. The molecular formula is C9H9N5S. The van der Waals surface area contributed by atoms with Crippen LogP contribution >= 0.6 is 12.2 Å². The second-order valence-corrected chi connectivity index (χ2v) is 3.46. The molecule has 2 heterocycles. The van der Waals surface area contributed by atoms with Gasteiger partial charge in [0.25, 0.3) is 0 Å². The summed E-state index contributed by atoms with van der Waals surface area (Å²) in [6.07, 6.45) is 3.36. The van der Waals surface area contributed by atoms with Gasteiger partial charge < -0.3 is 5.73 Å². The van der Waals surface area contributed by atoms with Gasteiger partial charge in [-0.25, -0.2) is 4.98 Å². The Morgan fingerprint density at radius 2 is 2.20 bits per heavy atom. The molecule has 76 valence electrons. The highest BCUT2D eigenvalue weighted by molar-refractivity contribution is 7.80. The van der Waals surface area contributed by atoms with E-state index in [0.29, 0.717) is 11.6 Å². The third-order valence-electron chi connectivity index (χ3n) is 1.89. The van der Waals surface area contributed by atoms with E-state index < -0.39 is 0 Å². The Kier molecular flexibility index (Phi) is 2.42. The quantitative estimate of drug-likeness (QED) is 0.749. The summed E-state index contributed by atoms with van der Waals surface area (Å²) >= 11 is 4.88. The molecule has 0 radical (unpaired) electrons. The normalized spacial score (nSPS) is 10.2. The lowest BCUT2D eigenvalue weighted by molar-refractivity contribution is 0.885. The number of aromatic nitrogens is 4. The minimum atomic E-state index is 0.238. The van der Waals surface area contributed by atoms with E-state index in [0.717, 1.165) is 5.69 Å². The maximum absolute atomic E-state index is 5.53. The second-order valence-electron chi connectivity index (χ2n) is 3.02. The highest BCUT2D eigenvalue weighted by Crippen LogP contribution is 2.06. The fraction of sp³-hybridized carbons (Fsp3) is 0.111. The first kappa shape index (κ1) is 9.72. The zero-order chi connectivity index (χ0) is 10.8. The van der Waals surface area contributed by atoms with Gasteiger partial charge in [-0.3, -0.25) is 4.57 Å². The molecule has 0 aliphatic rings. The summed E-state index contributed by atoms with van der Waals surface area (Å²) in [5.74, 6) is 1.17. The highest BCUT2D eigenvalue weighted by Gasteiger charge is 2.08. The maximum Gasteiger partial charge on any atom is 0.173 e. The first-order valence-electron chi connectivity index (χ1n) is 4.32. The minimum Gasteiger partial charge on any atom is -0.387 e. The van der Waals surface area contributed by atoms with E-state index in [1.807, 2.05) is 19.1 Å². The number of rotatable bonds is 2. The lowest BCUT2D eigenvalue weighted by atomic mass is 10.4. The summed E-state index contributed by atoms with van der Waals surface area (Å²) in [4.78, 5) is 4.28. The molecule has 0 saturated carbocycles. The third kappa shape index (κ3) is 1.84. The zero-order valence-corrected chi connectivity index (χ0v) is 8.90. The average molecular weight is 219 g/mol. The van der Waals surface area contributed by atoms with Gasteiger partial charge in [-0.05, 0) is 19.1 Å². The van der Waals surface area contributed by atoms with Crippen LogP contribution in [0.4, 0.5) is 0 Å². The molecule has 0 aliphatic carbocycles. The topological polar surface area (TPSA) is 69.6 Å². The number of hydrogen-bond donors (Lipinski definition) is 1. The standard InChI is InChI=1S/C9H9N5S/c1-6-2-3-7(13-12-6)14-5-4-11-9(14)8(10)15/h2-5H,1H3,(H2,10,15). The van der Waals surface area contributed by atoms with Gasteiger partial charge in [0.05, 0.1) is 5.69 Å². The van der Waals surface area contributed by atoms with Gasteiger partial charge in [0.15, 0.2) is 11.6 Å². The van der Waals surface area contributed by atoms with Crippen molar-refractivity contribution in [2.45, 2.75) is 6.92 Å². The molecule has 2 N–H and O–H groups in total. The van der Waals surface area contributed by atoms with Crippen LogP contribution in [0.25, 0.3) is 5.82 Å². The molecule has 6 heteroatoms. The van der Waals surface area contributed by atoms with Crippen LogP contribution in [-0.2, 0) is 0 Å². The van der Waals surface area contributed by atoms with Gasteiger partial charge in [-0.2, -0.15) is 5.10 Å². The number of imidazole rings is 1. The Bertz CT molecular complexity index is 487. The van der Waals surface area contributed by atoms with E-state index in [9.17, 15) is 0 Å². The molecule has 0 bridgehead atoms. The summed E-state index contributed by atoms with van der Waals surface area (Å²) in [7, 11) is 0. The van der Waals surface area contributed by atoms with Crippen molar-refractivity contribution >= 4 is 17.2 Å². The van der Waals surface area contributed by atoms with Crippen molar-refractivity contribution in [3.05, 3.63) is 36.0 Å². The van der Waals surface area contributed by atoms with Gasteiger partial charge in [-0.1, -0.05) is 12.2 Å². The predicted octanol–water partition coefficient (Wildman–Crippen LogP) is 0.605. The first-order valence-corrected chi connectivity index (χ1v) is 4.73. The Balaban J connectivity index is 2.49. The van der Waals surface area contributed by atoms with Crippen LogP contribution in [0.2, 0.25) is 0 Å². The van der Waals surface area contributed by atoms with Gasteiger partial charge in [0.1, 0.15) is 4.99 Å². The van der Waals surface area contributed by atoms with Gasteiger partial charge >= 0.3 is 0 Å². The number of nitrogens with zero attached hydrogens (tertiary/aromatic N) is 4. The van der Waals surface area contributed by atoms with Crippen LogP contribution < -0.4 is 5.73 Å². The molecule has 0 spiro atoms. The van der Waals surface area contributed by atoms with Crippen LogP contribution in [0, 0.1) is 6.92 Å². The fourth-order valence-electron chi connectivity index (χ4n) is 1.19. The van der Waals surface area contributed by atoms with E-state index in [2.05, 4.69) is 15.2 Å². The Labute approximate surface area is 92.0 Å². The van der Waals surface area contributed by atoms with Crippen LogP contribution in [0.15, 0.2) is 24.5 Å². The largest absolute Gasteiger partial charge is 0.387 e. The minimum absolute atomic E-state index is 0.238. The molecular weight excluding hydrogens is 210 g/mol. The van der Waals surface area contributed by atoms with Crippen molar-refractivity contribution in [3.63, 3.8) is 0 Å². The molecule has 5 nitrogen and oxygen atoms in total. The van der Waals surface area contributed by atoms with Crippen molar-refractivity contribution in [1.29, 1.82) is 0 Å². The average Bonchev–Trinajstić information content (AvgIpc) is 2.67. The van der Waals surface area contributed by atoms with E-state index in [-0.39, 0.29) is 4.99 Å². The summed E-state index contributed by atoms with van der Waals surface area (Å²) in [6.45, 7) is 1.87. The number of nitrogens with two attached hydrogens (primary N) is 1. The van der Waals surface area contributed by atoms with E-state index in [4.69, 9.17) is 18.0 Å². The SMILES string of the molecule is Cc1ccc(-n2ccnc2C(N)=S)nn1. The lowest BCUT2D eigenvalue weighted by Crippen LogP contribution is -2.16. The van der Waals surface area contributed by atoms with Crippen molar-refractivity contribution in [1.82, 2.24) is 19.7 Å². The molecule has 0 fully saturated rings. The fourth-order valence-corrected chi connectivity index (χ4v) is 1.34. The predicted molar refractivity (Wildman–Crippen MR) is 59.8 cm³/mol. The number of aryl methyl sites for hydroxylation is 1. The van der Waals surface area contributed by atoms with Gasteiger partial charge in [0.2, 0.25) is 0 Å². The van der Waals surface area contributed by atoms with Crippen LogP contribution in [-0.4, -0.2) is 24.7 Å². The van der Waals surface area contributed by atoms with Crippen molar-refractivity contribution in [2.24, 2.45) is 5.73 Å². The molecule has 0 aromatic carbocycles. The molecule has 0 amide bonds. The first-order chi connectivity index (χ1) is 7.18. The van der Waals surface area contributed by atoms with Gasteiger partial charge in [0, 0.05) is 12.4 Å². The Morgan fingerprint density at radius 1 is 1.40 bits per heavy atom. The summed E-state index contributed by atoms with van der Waals surface area (Å²) in [5.41, 5.74) is 6.38. The maximum atomic E-state index is 5.53. The molecule has 0 unspecified atom stereocenters. The summed E-state index contributed by atoms with van der Waals surface area (Å²) < 4.78 is 1.70. The van der Waals surface area contributed by atoms with E-state index >= 15 is 0 Å². The monoisotopic (exact) mass is 219 g/mol.